The Morgan fingerprint density at radius 2 is 1.70 bits per heavy atom. The molecule has 0 atom stereocenters. The number of nitrogens with zero attached hydrogens (tertiary/aromatic N) is 3. The van der Waals surface area contributed by atoms with Crippen molar-refractivity contribution in [2.24, 2.45) is 7.05 Å². The summed E-state index contributed by atoms with van der Waals surface area (Å²) in [5.41, 5.74) is 4.73. The molecule has 3 aliphatic rings. The quantitative estimate of drug-likeness (QED) is 0.668. The van der Waals surface area contributed by atoms with Crippen LogP contribution in [-0.2, 0) is 32.1 Å². The van der Waals surface area contributed by atoms with Crippen LogP contribution in [0.5, 0.6) is 11.5 Å². The van der Waals surface area contributed by atoms with Crippen molar-refractivity contribution in [1.29, 1.82) is 0 Å². The molecular weight excluding hydrogens is 416 g/mol. The summed E-state index contributed by atoms with van der Waals surface area (Å²) in [5.74, 6) is 1.62. The molecule has 6 rings (SSSR count). The number of benzene rings is 2. The molecule has 0 unspecified atom stereocenters. The molecule has 0 saturated carbocycles. The summed E-state index contributed by atoms with van der Waals surface area (Å²) in [6, 6.07) is 16.8. The first kappa shape index (κ1) is 20.6. The second-order valence-corrected chi connectivity index (χ2v) is 9.70. The van der Waals surface area contributed by atoms with E-state index in [1.165, 1.54) is 11.1 Å². The van der Waals surface area contributed by atoms with E-state index < -0.39 is 0 Å². The Morgan fingerprint density at radius 1 is 0.939 bits per heavy atom. The zero-order valence-electron chi connectivity index (χ0n) is 19.0. The van der Waals surface area contributed by atoms with Crippen molar-refractivity contribution in [3.8, 4) is 11.5 Å². The molecule has 7 heteroatoms. The number of piperidine rings is 1. The van der Waals surface area contributed by atoms with Gasteiger partial charge in [-0.1, -0.05) is 36.4 Å². The Labute approximate surface area is 193 Å². The minimum absolute atomic E-state index is 0.0163. The van der Waals surface area contributed by atoms with Gasteiger partial charge in [-0.25, -0.2) is 0 Å². The number of aromatic nitrogens is 2. The smallest absolute Gasteiger partial charge is 0.271 e. The van der Waals surface area contributed by atoms with Gasteiger partial charge in [0, 0.05) is 44.3 Å². The van der Waals surface area contributed by atoms with Crippen molar-refractivity contribution in [2.75, 3.05) is 26.4 Å². The van der Waals surface area contributed by atoms with Gasteiger partial charge in [-0.2, -0.15) is 0 Å². The number of aryl methyl sites for hydroxylation is 1. The zero-order chi connectivity index (χ0) is 22.4. The number of H-pyrrole nitrogens is 1. The van der Waals surface area contributed by atoms with Crippen LogP contribution < -0.4 is 15.0 Å². The second kappa shape index (κ2) is 8.08. The van der Waals surface area contributed by atoms with Crippen molar-refractivity contribution >= 4 is 0 Å². The van der Waals surface area contributed by atoms with E-state index in [1.54, 1.807) is 4.68 Å². The van der Waals surface area contributed by atoms with Crippen LogP contribution in [0.25, 0.3) is 0 Å². The van der Waals surface area contributed by atoms with Gasteiger partial charge >= 0.3 is 0 Å². The predicted octanol–water partition coefficient (Wildman–Crippen LogP) is 2.99. The lowest BCUT2D eigenvalue weighted by atomic mass is 9.72. The Kier molecular flexibility index (Phi) is 5.03. The maximum absolute atomic E-state index is 13.0. The van der Waals surface area contributed by atoms with Crippen molar-refractivity contribution < 1.29 is 9.47 Å². The Bertz CT molecular complexity index is 1210. The van der Waals surface area contributed by atoms with Crippen molar-refractivity contribution in [2.45, 2.75) is 37.9 Å². The first-order chi connectivity index (χ1) is 16.1. The SMILES string of the molecule is Cn1[nH]c2c(c1=O)CN(Cc1ccc3c(c1)OCO3)CC21CCN(Cc2ccccc2)CC1. The van der Waals surface area contributed by atoms with Gasteiger partial charge in [0.05, 0.1) is 5.56 Å². The number of likely N-dealkylation sites (tertiary alicyclic amines) is 1. The fourth-order valence-electron chi connectivity index (χ4n) is 5.77. The Balaban J connectivity index is 1.24. The molecule has 0 aliphatic carbocycles. The van der Waals surface area contributed by atoms with Crippen LogP contribution >= 0.6 is 0 Å². The highest BCUT2D eigenvalue weighted by Gasteiger charge is 2.44. The molecule has 0 amide bonds. The van der Waals surface area contributed by atoms with Crippen LogP contribution in [0.4, 0.5) is 0 Å². The van der Waals surface area contributed by atoms with E-state index in [9.17, 15) is 4.79 Å². The van der Waals surface area contributed by atoms with Crippen LogP contribution in [0, 0.1) is 0 Å². The first-order valence-electron chi connectivity index (χ1n) is 11.8. The molecule has 0 radical (unpaired) electrons. The largest absolute Gasteiger partial charge is 0.454 e. The maximum atomic E-state index is 13.0. The van der Waals surface area contributed by atoms with E-state index in [4.69, 9.17) is 9.47 Å². The monoisotopic (exact) mass is 446 g/mol. The highest BCUT2D eigenvalue weighted by Crippen LogP contribution is 2.41. The van der Waals surface area contributed by atoms with E-state index in [1.807, 2.05) is 13.1 Å². The van der Waals surface area contributed by atoms with Gasteiger partial charge in [-0.3, -0.25) is 24.4 Å². The predicted molar refractivity (Wildman–Crippen MR) is 125 cm³/mol. The summed E-state index contributed by atoms with van der Waals surface area (Å²) in [6.45, 7) is 5.75. The minimum Gasteiger partial charge on any atom is -0.454 e. The number of rotatable bonds is 4. The van der Waals surface area contributed by atoms with E-state index in [-0.39, 0.29) is 17.8 Å². The summed E-state index contributed by atoms with van der Waals surface area (Å²) in [4.78, 5) is 17.9. The molecule has 1 N–H and O–H groups in total. The van der Waals surface area contributed by atoms with E-state index >= 15 is 0 Å². The second-order valence-electron chi connectivity index (χ2n) is 9.70. The highest BCUT2D eigenvalue weighted by molar-refractivity contribution is 5.44. The van der Waals surface area contributed by atoms with Gasteiger partial charge in [0.25, 0.3) is 5.56 Å². The molecule has 4 heterocycles. The summed E-state index contributed by atoms with van der Waals surface area (Å²) in [7, 11) is 1.83. The van der Waals surface area contributed by atoms with Crippen LogP contribution in [-0.4, -0.2) is 46.0 Å². The molecule has 1 fully saturated rings. The fraction of sp³-hybridized carbons (Fsp3) is 0.423. The Hall–Kier alpha value is -3.03. The van der Waals surface area contributed by atoms with Gasteiger partial charge in [0.1, 0.15) is 0 Å². The lowest BCUT2D eigenvalue weighted by molar-refractivity contribution is 0.0881. The third kappa shape index (κ3) is 3.75. The van der Waals surface area contributed by atoms with E-state index in [2.05, 4.69) is 57.4 Å². The molecule has 1 spiro atoms. The maximum Gasteiger partial charge on any atom is 0.271 e. The normalized spacial score (nSPS) is 19.7. The third-order valence-corrected chi connectivity index (χ3v) is 7.49. The van der Waals surface area contributed by atoms with E-state index in [0.29, 0.717) is 6.54 Å². The van der Waals surface area contributed by atoms with Gasteiger partial charge in [-0.15, -0.1) is 0 Å². The minimum atomic E-state index is -0.0163. The topological polar surface area (TPSA) is 62.7 Å². The Morgan fingerprint density at radius 3 is 2.52 bits per heavy atom. The average Bonchev–Trinajstić information content (AvgIpc) is 3.41. The third-order valence-electron chi connectivity index (χ3n) is 7.49. The number of hydrogen-bond acceptors (Lipinski definition) is 5. The molecule has 172 valence electrons. The molecule has 3 aliphatic heterocycles. The van der Waals surface area contributed by atoms with Gasteiger partial charge in [-0.05, 0) is 49.2 Å². The number of ether oxygens (including phenoxy) is 2. The number of nitrogens with one attached hydrogen (secondary N) is 1. The summed E-state index contributed by atoms with van der Waals surface area (Å²) in [6.07, 6.45) is 2.09. The van der Waals surface area contributed by atoms with Crippen LogP contribution in [0.15, 0.2) is 53.3 Å². The summed E-state index contributed by atoms with van der Waals surface area (Å²) >= 11 is 0. The van der Waals surface area contributed by atoms with Crippen LogP contribution in [0.2, 0.25) is 0 Å². The molecule has 0 bridgehead atoms. The zero-order valence-corrected chi connectivity index (χ0v) is 19.0. The molecule has 33 heavy (non-hydrogen) atoms. The molecular formula is C26H30N4O3. The van der Waals surface area contributed by atoms with E-state index in [0.717, 1.165) is 68.3 Å². The van der Waals surface area contributed by atoms with Crippen molar-refractivity contribution in [1.82, 2.24) is 19.6 Å². The lowest BCUT2D eigenvalue weighted by Gasteiger charge is -2.47. The first-order valence-corrected chi connectivity index (χ1v) is 11.8. The molecule has 2 aromatic carbocycles. The van der Waals surface area contributed by atoms with Gasteiger partial charge in [0.15, 0.2) is 11.5 Å². The van der Waals surface area contributed by atoms with Gasteiger partial charge < -0.3 is 9.47 Å². The summed E-state index contributed by atoms with van der Waals surface area (Å²) < 4.78 is 12.7. The average molecular weight is 447 g/mol. The lowest BCUT2D eigenvalue weighted by Crippen LogP contribution is -2.52. The van der Waals surface area contributed by atoms with Crippen molar-refractivity contribution in [3.63, 3.8) is 0 Å². The molecule has 1 saturated heterocycles. The molecule has 3 aromatic rings. The fourth-order valence-corrected chi connectivity index (χ4v) is 5.77. The van der Waals surface area contributed by atoms with Gasteiger partial charge in [0.2, 0.25) is 6.79 Å². The highest BCUT2D eigenvalue weighted by atomic mass is 16.7. The standard InChI is InChI=1S/C26H30N4O3/c1-28-25(31)21-16-30(15-20-7-8-22-23(13-20)33-18-32-22)17-26(24(21)27-28)9-11-29(12-10-26)14-19-5-3-2-4-6-19/h2-8,13,27H,9-12,14-18H2,1H3. The molecule has 1 aromatic heterocycles. The number of fused-ring (bicyclic) bond motifs is 3. The number of hydrogen-bond donors (Lipinski definition) is 1. The summed E-state index contributed by atoms with van der Waals surface area (Å²) in [5, 5.41) is 3.43. The number of aromatic amines is 1. The molecule has 7 nitrogen and oxygen atoms in total. The van der Waals surface area contributed by atoms with Crippen LogP contribution in [0.3, 0.4) is 0 Å². The van der Waals surface area contributed by atoms with Crippen LogP contribution in [0.1, 0.15) is 35.2 Å². The van der Waals surface area contributed by atoms with Crippen molar-refractivity contribution in [3.05, 3.63) is 81.3 Å².